The molecule has 1 amide bonds. The van der Waals surface area contributed by atoms with E-state index in [9.17, 15) is 14.2 Å². The van der Waals surface area contributed by atoms with Crippen LogP contribution in [0, 0.1) is 0 Å². The van der Waals surface area contributed by atoms with Crippen LogP contribution in [0.2, 0.25) is 0 Å². The fourth-order valence-corrected chi connectivity index (χ4v) is 5.57. The average Bonchev–Trinajstić information content (AvgIpc) is 2.95. The minimum absolute atomic E-state index is 0.0116. The van der Waals surface area contributed by atoms with Gasteiger partial charge in [0.2, 0.25) is 0 Å². The van der Waals surface area contributed by atoms with Crippen LogP contribution in [0.25, 0.3) is 0 Å². The number of nitrogens with zero attached hydrogens (tertiary/aromatic N) is 1. The molecule has 10 heteroatoms. The summed E-state index contributed by atoms with van der Waals surface area (Å²) in [7, 11) is 1.79. The number of dihydropyridines is 1. The van der Waals surface area contributed by atoms with E-state index in [1.165, 1.54) is 0 Å². The van der Waals surface area contributed by atoms with Crippen molar-refractivity contribution in [3.8, 4) is 0 Å². The highest BCUT2D eigenvalue weighted by Crippen LogP contribution is 2.32. The Balaban J connectivity index is 1.52. The number of rotatable bonds is 9. The molecule has 1 unspecified atom stereocenters. The predicted octanol–water partition coefficient (Wildman–Crippen LogP) is 2.21. The van der Waals surface area contributed by atoms with Crippen molar-refractivity contribution >= 4 is 41.3 Å². The van der Waals surface area contributed by atoms with Crippen LogP contribution in [0.5, 0.6) is 0 Å². The Hall–Kier alpha value is -1.02. The third-order valence-electron chi connectivity index (χ3n) is 2.83. The normalized spacial score (nSPS) is 17.7. The number of carbonyl (C=O) groups excluding carboxylic acids is 2. The molecule has 0 bridgehead atoms. The molecular weight excluding hydrogens is 359 g/mol. The summed E-state index contributed by atoms with van der Waals surface area (Å²) < 4.78 is 11.9. The lowest BCUT2D eigenvalue weighted by Crippen LogP contribution is -2.27. The van der Waals surface area contributed by atoms with Crippen molar-refractivity contribution in [2.45, 2.75) is 12.8 Å². The van der Waals surface area contributed by atoms with Crippen molar-refractivity contribution in [1.82, 2.24) is 10.5 Å². The van der Waals surface area contributed by atoms with E-state index >= 15 is 0 Å². The molecule has 0 saturated carbocycles. The molecule has 2 heterocycles. The molecule has 0 aliphatic carbocycles. The molecule has 1 saturated heterocycles. The van der Waals surface area contributed by atoms with Crippen molar-refractivity contribution < 1.29 is 23.8 Å². The van der Waals surface area contributed by atoms with Crippen LogP contribution < -0.4 is 5.32 Å². The zero-order valence-corrected chi connectivity index (χ0v) is 15.0. The van der Waals surface area contributed by atoms with Gasteiger partial charge in [-0.3, -0.25) is 4.79 Å². The van der Waals surface area contributed by atoms with Gasteiger partial charge in [-0.1, -0.05) is 27.5 Å². The maximum Gasteiger partial charge on any atom is 0.340 e. The summed E-state index contributed by atoms with van der Waals surface area (Å²) >= 11 is 0. The Morgan fingerprint density at radius 3 is 3.04 bits per heavy atom. The largest absolute Gasteiger partial charge is 0.376 e. The molecular formula is C13H18N2O5PS2+. The second-order valence-electron chi connectivity index (χ2n) is 4.62. The number of amides is 1. The molecule has 0 spiro atoms. The average molecular weight is 377 g/mol. The van der Waals surface area contributed by atoms with Crippen LogP contribution in [0.3, 0.4) is 0 Å². The van der Waals surface area contributed by atoms with Gasteiger partial charge in [0.15, 0.2) is 12.3 Å². The Labute approximate surface area is 143 Å². The van der Waals surface area contributed by atoms with E-state index in [2.05, 4.69) is 5.32 Å². The second kappa shape index (κ2) is 9.97. The topological polar surface area (TPSA) is 84.9 Å². The summed E-state index contributed by atoms with van der Waals surface area (Å²) in [5, 5.41) is 4.93. The van der Waals surface area contributed by atoms with Crippen LogP contribution in [-0.2, 0) is 23.8 Å². The minimum Gasteiger partial charge on any atom is -0.376 e. The molecule has 0 aromatic carbocycles. The first-order valence-electron chi connectivity index (χ1n) is 7.14. The molecule has 1 atom stereocenters. The number of hydrogen-bond acceptors (Lipinski definition) is 8. The van der Waals surface area contributed by atoms with Gasteiger partial charge in [0.25, 0.3) is 5.91 Å². The van der Waals surface area contributed by atoms with E-state index in [4.69, 9.17) is 9.68 Å². The molecule has 0 radical (unpaired) electrons. The molecule has 2 aliphatic heterocycles. The summed E-state index contributed by atoms with van der Waals surface area (Å²) in [5.41, 5.74) is 0. The molecule has 0 aromatic rings. The molecule has 2 aliphatic rings. The van der Waals surface area contributed by atoms with Gasteiger partial charge in [-0.15, -0.1) is 0 Å². The first-order valence-corrected chi connectivity index (χ1v) is 11.1. The van der Waals surface area contributed by atoms with Gasteiger partial charge in [0, 0.05) is 12.3 Å². The third-order valence-corrected chi connectivity index (χ3v) is 6.92. The first-order chi connectivity index (χ1) is 11.1. The van der Waals surface area contributed by atoms with E-state index in [1.54, 1.807) is 21.6 Å². The SMILES string of the molecule is O=C(CC[P+](=O)CCSSC1=CC=CCN1)ON1OCCC1=O. The van der Waals surface area contributed by atoms with E-state index in [0.717, 1.165) is 17.3 Å². The van der Waals surface area contributed by atoms with Crippen molar-refractivity contribution in [2.24, 2.45) is 0 Å². The predicted molar refractivity (Wildman–Crippen MR) is 90.7 cm³/mol. The summed E-state index contributed by atoms with van der Waals surface area (Å²) in [5.74, 6) is -0.239. The molecule has 0 aromatic heterocycles. The van der Waals surface area contributed by atoms with Gasteiger partial charge in [0.05, 0.1) is 24.5 Å². The van der Waals surface area contributed by atoms with Gasteiger partial charge >= 0.3 is 13.8 Å². The van der Waals surface area contributed by atoms with Crippen LogP contribution in [0.15, 0.2) is 23.3 Å². The molecule has 2 rings (SSSR count). The Morgan fingerprint density at radius 2 is 2.35 bits per heavy atom. The zero-order chi connectivity index (χ0) is 16.5. The van der Waals surface area contributed by atoms with E-state index in [0.29, 0.717) is 11.4 Å². The van der Waals surface area contributed by atoms with Crippen molar-refractivity contribution in [2.75, 3.05) is 31.2 Å². The van der Waals surface area contributed by atoms with Crippen molar-refractivity contribution in [3.05, 3.63) is 23.3 Å². The van der Waals surface area contributed by atoms with Crippen molar-refractivity contribution in [1.29, 1.82) is 0 Å². The highest BCUT2D eigenvalue weighted by Gasteiger charge is 2.27. The fourth-order valence-electron chi connectivity index (χ4n) is 1.67. The Morgan fingerprint density at radius 1 is 1.48 bits per heavy atom. The summed E-state index contributed by atoms with van der Waals surface area (Å²) in [6.45, 7) is 1.05. The molecule has 7 nitrogen and oxygen atoms in total. The highest BCUT2D eigenvalue weighted by atomic mass is 33.1. The number of hydroxylamine groups is 2. The van der Waals surface area contributed by atoms with Crippen molar-refractivity contribution in [3.63, 3.8) is 0 Å². The summed E-state index contributed by atoms with van der Waals surface area (Å²) in [6, 6.07) is 0. The second-order valence-corrected chi connectivity index (χ2v) is 8.94. The molecule has 1 N–H and O–H groups in total. The molecule has 1 fully saturated rings. The molecule has 23 heavy (non-hydrogen) atoms. The van der Waals surface area contributed by atoms with E-state index in [1.807, 2.05) is 18.2 Å². The summed E-state index contributed by atoms with van der Waals surface area (Å²) in [6.07, 6.45) is 7.05. The lowest BCUT2D eigenvalue weighted by Gasteiger charge is -2.11. The monoisotopic (exact) mass is 377 g/mol. The minimum atomic E-state index is -1.45. The zero-order valence-electron chi connectivity index (χ0n) is 12.4. The van der Waals surface area contributed by atoms with Crippen LogP contribution in [-0.4, -0.2) is 48.3 Å². The summed E-state index contributed by atoms with van der Waals surface area (Å²) in [4.78, 5) is 32.3. The third kappa shape index (κ3) is 6.95. The number of hydrogen-bond donors (Lipinski definition) is 1. The maximum atomic E-state index is 11.9. The van der Waals surface area contributed by atoms with Crippen LogP contribution >= 0.6 is 29.4 Å². The highest BCUT2D eigenvalue weighted by molar-refractivity contribution is 8.78. The quantitative estimate of drug-likeness (QED) is 0.372. The van der Waals surface area contributed by atoms with Gasteiger partial charge in [-0.25, -0.2) is 9.63 Å². The van der Waals surface area contributed by atoms with Gasteiger partial charge in [-0.05, 0) is 22.1 Å². The van der Waals surface area contributed by atoms with Gasteiger partial charge < -0.3 is 10.2 Å². The van der Waals surface area contributed by atoms with Crippen LogP contribution in [0.1, 0.15) is 12.8 Å². The van der Waals surface area contributed by atoms with Gasteiger partial charge in [-0.2, -0.15) is 0 Å². The van der Waals surface area contributed by atoms with Gasteiger partial charge in [0.1, 0.15) is 0 Å². The first kappa shape index (κ1) is 18.3. The van der Waals surface area contributed by atoms with Crippen LogP contribution in [0.4, 0.5) is 0 Å². The Kier molecular flexibility index (Phi) is 7.94. The number of allylic oxidation sites excluding steroid dienone is 2. The Bertz CT molecular complexity index is 526. The lowest BCUT2D eigenvalue weighted by atomic mass is 10.4. The number of nitrogens with one attached hydrogen (secondary N) is 1. The fraction of sp³-hybridized carbons (Fsp3) is 0.538. The van der Waals surface area contributed by atoms with E-state index < -0.39 is 13.8 Å². The standard InChI is InChI=1S/C13H18N2O5PS2/c16-12-4-7-19-15(12)20-13(17)5-8-21(18)9-10-22-23-11-3-1-2-6-14-11/h1-3,14H,4-10H2/q+1. The lowest BCUT2D eigenvalue weighted by molar-refractivity contribution is -0.302. The molecule has 126 valence electrons. The number of carbonyl (C=O) groups is 2. The maximum absolute atomic E-state index is 11.9. The smallest absolute Gasteiger partial charge is 0.340 e. The van der Waals surface area contributed by atoms with E-state index in [-0.39, 0.29) is 31.5 Å².